The number of hydrogen-bond donors (Lipinski definition) is 0. The third-order valence-corrected chi connectivity index (χ3v) is 4.92. The normalized spacial score (nSPS) is 15.0. The van der Waals surface area contributed by atoms with E-state index in [2.05, 4.69) is 4.18 Å². The zero-order valence-electron chi connectivity index (χ0n) is 14.3. The van der Waals surface area contributed by atoms with Gasteiger partial charge in [0.05, 0.1) is 4.90 Å². The fourth-order valence-corrected chi connectivity index (χ4v) is 2.70. The van der Waals surface area contributed by atoms with Crippen LogP contribution >= 0.6 is 0 Å². The Morgan fingerprint density at radius 3 is 1.63 bits per heavy atom. The van der Waals surface area contributed by atoms with E-state index >= 15 is 0 Å². The van der Waals surface area contributed by atoms with Gasteiger partial charge in [-0.3, -0.25) is 4.18 Å². The number of rotatable bonds is 9. The third-order valence-electron chi connectivity index (χ3n) is 3.65. The summed E-state index contributed by atoms with van der Waals surface area (Å²) in [7, 11) is -5.31. The molecule has 1 rings (SSSR count). The van der Waals surface area contributed by atoms with Gasteiger partial charge in [-0.25, -0.2) is 8.78 Å². The van der Waals surface area contributed by atoms with Crippen LogP contribution in [0.1, 0.15) is 5.56 Å². The van der Waals surface area contributed by atoms with Gasteiger partial charge in [-0.2, -0.15) is 52.3 Å². The molecule has 0 saturated carbocycles. The molecule has 0 spiro atoms. The minimum atomic E-state index is -7.75. The van der Waals surface area contributed by atoms with Gasteiger partial charge in [0.2, 0.25) is 0 Å². The summed E-state index contributed by atoms with van der Waals surface area (Å²) in [6, 6.07) is 3.63. The Morgan fingerprint density at radius 2 is 1.23 bits per heavy atom. The Kier molecular flexibility index (Phi) is 6.81. The number of hydrogen-bond acceptors (Lipinski definition) is 3. The van der Waals surface area contributed by atoms with Crippen LogP contribution in [0.25, 0.3) is 0 Å². The molecule has 1 aromatic carbocycles. The fourth-order valence-electron chi connectivity index (χ4n) is 1.79. The SMILES string of the molecule is Cc1ccc(S(=O)(=O)OCC(F)(F)C(F)(F)C(F)(F)C(F)(F)C(F)(F)C(F)F)cc1. The van der Waals surface area contributed by atoms with Gasteiger partial charge in [0, 0.05) is 0 Å². The summed E-state index contributed by atoms with van der Waals surface area (Å²) in [5.41, 5.74) is 0.438. The topological polar surface area (TPSA) is 43.4 Å². The molecule has 174 valence electrons. The Hall–Kier alpha value is -1.71. The van der Waals surface area contributed by atoms with E-state index in [1.165, 1.54) is 6.92 Å². The molecule has 1 aromatic rings. The average molecular weight is 486 g/mol. The van der Waals surface area contributed by atoms with Crippen molar-refractivity contribution in [3.63, 3.8) is 0 Å². The second-order valence-electron chi connectivity index (χ2n) is 5.88. The lowest BCUT2D eigenvalue weighted by Crippen LogP contribution is -2.69. The van der Waals surface area contributed by atoms with E-state index in [0.29, 0.717) is 5.56 Å². The van der Waals surface area contributed by atoms with E-state index < -0.39 is 57.7 Å². The van der Waals surface area contributed by atoms with Gasteiger partial charge in [0.15, 0.2) is 0 Å². The molecule has 0 saturated heterocycles. The van der Waals surface area contributed by atoms with Crippen molar-refractivity contribution in [2.75, 3.05) is 6.61 Å². The molecule has 0 heterocycles. The molecule has 0 aliphatic carbocycles. The molecule has 0 unspecified atom stereocenters. The van der Waals surface area contributed by atoms with Gasteiger partial charge in [0.25, 0.3) is 10.1 Å². The summed E-state index contributed by atoms with van der Waals surface area (Å²) in [4.78, 5) is -0.923. The van der Waals surface area contributed by atoms with Crippen molar-refractivity contribution < 1.29 is 65.3 Å². The fraction of sp³-hybridized carbons (Fsp3) is 0.571. The molecule has 0 bridgehead atoms. The lowest BCUT2D eigenvalue weighted by Gasteiger charge is -2.38. The molecule has 0 amide bonds. The van der Waals surface area contributed by atoms with Crippen molar-refractivity contribution in [2.45, 2.75) is 47.9 Å². The highest BCUT2D eigenvalue weighted by Gasteiger charge is 2.87. The average Bonchev–Trinajstić information content (AvgIpc) is 2.59. The van der Waals surface area contributed by atoms with Crippen LogP contribution in [0.5, 0.6) is 0 Å². The molecule has 0 aromatic heterocycles. The van der Waals surface area contributed by atoms with Gasteiger partial charge in [-0.05, 0) is 19.1 Å². The Morgan fingerprint density at radius 1 is 0.800 bits per heavy atom. The molecule has 0 radical (unpaired) electrons. The molecular formula is C14H10F12O3S. The van der Waals surface area contributed by atoms with Crippen LogP contribution in [0, 0.1) is 6.92 Å². The van der Waals surface area contributed by atoms with Gasteiger partial charge in [-0.15, -0.1) is 0 Å². The van der Waals surface area contributed by atoms with Crippen molar-refractivity contribution in [1.82, 2.24) is 0 Å². The van der Waals surface area contributed by atoms with Crippen molar-refractivity contribution in [1.29, 1.82) is 0 Å². The highest BCUT2D eigenvalue weighted by atomic mass is 32.2. The largest absolute Gasteiger partial charge is 0.384 e. The summed E-state index contributed by atoms with van der Waals surface area (Å²) in [6.45, 7) is -1.74. The molecule has 0 N–H and O–H groups in total. The first-order valence-electron chi connectivity index (χ1n) is 7.28. The number of halogens is 12. The maximum Gasteiger partial charge on any atom is 0.384 e. The van der Waals surface area contributed by atoms with Gasteiger partial charge < -0.3 is 0 Å². The smallest absolute Gasteiger partial charge is 0.260 e. The van der Waals surface area contributed by atoms with Crippen LogP contribution in [0.15, 0.2) is 29.2 Å². The van der Waals surface area contributed by atoms with Gasteiger partial charge in [0.1, 0.15) is 6.61 Å². The minimum absolute atomic E-state index is 0.438. The van der Waals surface area contributed by atoms with E-state index in [-0.39, 0.29) is 0 Å². The highest BCUT2D eigenvalue weighted by Crippen LogP contribution is 2.58. The second kappa shape index (κ2) is 7.76. The standard InChI is InChI=1S/C14H10F12O3S/c1-7-2-4-8(5-3-7)30(27,28)29-6-10(17,18)12(21,22)14(25,26)13(23,24)11(19,20)9(15)16/h2-5,9H,6H2,1H3. The second-order valence-corrected chi connectivity index (χ2v) is 7.50. The lowest BCUT2D eigenvalue weighted by molar-refractivity contribution is -0.414. The van der Waals surface area contributed by atoms with E-state index in [4.69, 9.17) is 0 Å². The Bertz CT molecular complexity index is 849. The highest BCUT2D eigenvalue weighted by molar-refractivity contribution is 7.86. The summed E-state index contributed by atoms with van der Waals surface area (Å²) in [5.74, 6) is -36.5. The molecular weight excluding hydrogens is 476 g/mol. The molecule has 16 heteroatoms. The molecule has 0 atom stereocenters. The van der Waals surface area contributed by atoms with Crippen molar-refractivity contribution in [2.24, 2.45) is 0 Å². The van der Waals surface area contributed by atoms with Crippen molar-refractivity contribution >= 4 is 10.1 Å². The van der Waals surface area contributed by atoms with Crippen LogP contribution in [-0.4, -0.2) is 51.1 Å². The van der Waals surface area contributed by atoms with E-state index in [9.17, 15) is 61.1 Å². The van der Waals surface area contributed by atoms with Crippen LogP contribution in [0.3, 0.4) is 0 Å². The van der Waals surface area contributed by atoms with Crippen LogP contribution in [0.4, 0.5) is 52.7 Å². The minimum Gasteiger partial charge on any atom is -0.260 e. The van der Waals surface area contributed by atoms with Crippen molar-refractivity contribution in [3.8, 4) is 0 Å². The molecule has 0 aliphatic heterocycles. The predicted octanol–water partition coefficient (Wildman–Crippen LogP) is 5.14. The first kappa shape index (κ1) is 26.3. The van der Waals surface area contributed by atoms with Crippen molar-refractivity contribution in [3.05, 3.63) is 29.8 Å². The van der Waals surface area contributed by atoms with Gasteiger partial charge in [-0.1, -0.05) is 17.7 Å². The summed E-state index contributed by atoms with van der Waals surface area (Å²) in [5, 5.41) is 0. The Balaban J connectivity index is 3.24. The van der Waals surface area contributed by atoms with Crippen LogP contribution in [0.2, 0.25) is 0 Å². The zero-order valence-corrected chi connectivity index (χ0v) is 15.1. The van der Waals surface area contributed by atoms with E-state index in [1.54, 1.807) is 0 Å². The summed E-state index contributed by atoms with van der Waals surface area (Å²) < 4.78 is 183. The molecule has 30 heavy (non-hydrogen) atoms. The predicted molar refractivity (Wildman–Crippen MR) is 75.1 cm³/mol. The number of alkyl halides is 12. The van der Waals surface area contributed by atoms with E-state index in [0.717, 1.165) is 24.3 Å². The quantitative estimate of drug-likeness (QED) is 0.359. The maximum atomic E-state index is 13.5. The summed E-state index contributed by atoms with van der Waals surface area (Å²) in [6.07, 6.45) is -5.62. The maximum absolute atomic E-state index is 13.5. The van der Waals surface area contributed by atoms with E-state index in [1.807, 2.05) is 0 Å². The van der Waals surface area contributed by atoms with Crippen LogP contribution in [-0.2, 0) is 14.3 Å². The van der Waals surface area contributed by atoms with Gasteiger partial charge >= 0.3 is 36.0 Å². The Labute approximate surface area is 160 Å². The molecule has 0 aliphatic rings. The first-order chi connectivity index (χ1) is 13.1. The molecule has 3 nitrogen and oxygen atoms in total. The third kappa shape index (κ3) is 4.20. The monoisotopic (exact) mass is 486 g/mol. The molecule has 0 fully saturated rings. The first-order valence-corrected chi connectivity index (χ1v) is 8.69. The lowest BCUT2D eigenvalue weighted by atomic mass is 9.95. The zero-order chi connectivity index (χ0) is 24.0. The van der Waals surface area contributed by atoms with Crippen LogP contribution < -0.4 is 0 Å². The number of benzene rings is 1. The summed E-state index contributed by atoms with van der Waals surface area (Å²) >= 11 is 0. The number of aryl methyl sites for hydroxylation is 1.